The largest absolute Gasteiger partial charge is 0.399 e. The topological polar surface area (TPSA) is 55.0 Å². The van der Waals surface area contributed by atoms with Crippen molar-refractivity contribution < 1.29 is 0 Å². The highest BCUT2D eigenvalue weighted by Crippen LogP contribution is 2.33. The molecule has 0 bridgehead atoms. The first-order valence-corrected chi connectivity index (χ1v) is 7.17. The van der Waals surface area contributed by atoms with E-state index in [9.17, 15) is 0 Å². The summed E-state index contributed by atoms with van der Waals surface area (Å²) in [6.07, 6.45) is 5.13. The maximum absolute atomic E-state index is 5.82. The lowest BCUT2D eigenvalue weighted by Crippen LogP contribution is -2.12. The van der Waals surface area contributed by atoms with Crippen LogP contribution in [0.4, 0.5) is 17.2 Å². The van der Waals surface area contributed by atoms with E-state index in [1.165, 1.54) is 25.7 Å². The van der Waals surface area contributed by atoms with E-state index in [4.69, 9.17) is 5.73 Å². The van der Waals surface area contributed by atoms with Crippen LogP contribution >= 0.6 is 0 Å². The molecule has 0 radical (unpaired) electrons. The monoisotopic (exact) mass is 268 g/mol. The van der Waals surface area contributed by atoms with Gasteiger partial charge in [0.1, 0.15) is 0 Å². The van der Waals surface area contributed by atoms with Crippen molar-refractivity contribution in [1.82, 2.24) is 10.2 Å². The molecule has 104 valence electrons. The summed E-state index contributed by atoms with van der Waals surface area (Å²) in [5.41, 5.74) is 8.73. The Morgan fingerprint density at radius 1 is 1.10 bits per heavy atom. The molecule has 0 unspecified atom stereocenters. The van der Waals surface area contributed by atoms with E-state index in [0.29, 0.717) is 5.92 Å². The van der Waals surface area contributed by atoms with Crippen molar-refractivity contribution in [2.75, 3.05) is 17.7 Å². The van der Waals surface area contributed by atoms with Crippen molar-refractivity contribution in [2.45, 2.75) is 31.6 Å². The average Bonchev–Trinajstić information content (AvgIpc) is 3.01. The van der Waals surface area contributed by atoms with Crippen LogP contribution in [0.25, 0.3) is 0 Å². The van der Waals surface area contributed by atoms with Crippen molar-refractivity contribution in [2.24, 2.45) is 0 Å². The number of aromatic nitrogens is 2. The van der Waals surface area contributed by atoms with E-state index in [2.05, 4.69) is 16.3 Å². The van der Waals surface area contributed by atoms with Gasteiger partial charge in [0.25, 0.3) is 0 Å². The van der Waals surface area contributed by atoms with Crippen molar-refractivity contribution in [3.05, 3.63) is 42.1 Å². The van der Waals surface area contributed by atoms with Gasteiger partial charge in [0.05, 0.1) is 5.69 Å². The van der Waals surface area contributed by atoms with Crippen LogP contribution in [-0.4, -0.2) is 17.2 Å². The fourth-order valence-electron chi connectivity index (χ4n) is 2.82. The van der Waals surface area contributed by atoms with Gasteiger partial charge in [-0.1, -0.05) is 18.9 Å². The molecule has 4 heteroatoms. The van der Waals surface area contributed by atoms with Gasteiger partial charge in [0, 0.05) is 24.3 Å². The summed E-state index contributed by atoms with van der Waals surface area (Å²) >= 11 is 0. The Morgan fingerprint density at radius 2 is 1.90 bits per heavy atom. The number of anilines is 3. The predicted octanol–water partition coefficient (Wildman–Crippen LogP) is 3.48. The Kier molecular flexibility index (Phi) is 3.54. The Bertz CT molecular complexity index is 573. The van der Waals surface area contributed by atoms with E-state index in [1.54, 1.807) is 0 Å². The van der Waals surface area contributed by atoms with Crippen molar-refractivity contribution >= 4 is 17.2 Å². The maximum Gasteiger partial charge on any atom is 0.155 e. The lowest BCUT2D eigenvalue weighted by molar-refractivity contribution is 0.680. The van der Waals surface area contributed by atoms with Crippen LogP contribution in [0.1, 0.15) is 37.3 Å². The Morgan fingerprint density at radius 3 is 2.55 bits per heavy atom. The molecule has 0 spiro atoms. The van der Waals surface area contributed by atoms with Crippen molar-refractivity contribution in [3.63, 3.8) is 0 Å². The van der Waals surface area contributed by atoms with E-state index >= 15 is 0 Å². The summed E-state index contributed by atoms with van der Waals surface area (Å²) in [5.74, 6) is 1.45. The number of nitrogens with two attached hydrogens (primary N) is 1. The zero-order valence-electron chi connectivity index (χ0n) is 11.8. The highest BCUT2D eigenvalue weighted by molar-refractivity contribution is 5.63. The fourth-order valence-corrected chi connectivity index (χ4v) is 2.82. The summed E-state index contributed by atoms with van der Waals surface area (Å²) in [4.78, 5) is 2.00. The van der Waals surface area contributed by atoms with E-state index in [1.807, 2.05) is 42.3 Å². The highest BCUT2D eigenvalue weighted by Gasteiger charge is 2.19. The second-order valence-electron chi connectivity index (χ2n) is 5.45. The molecule has 1 aromatic carbocycles. The molecule has 3 rings (SSSR count). The third-order valence-corrected chi connectivity index (χ3v) is 4.05. The minimum Gasteiger partial charge on any atom is -0.399 e. The van der Waals surface area contributed by atoms with Gasteiger partial charge >= 0.3 is 0 Å². The minimum atomic E-state index is 0.606. The van der Waals surface area contributed by atoms with Crippen LogP contribution in [0.15, 0.2) is 36.4 Å². The molecule has 1 fully saturated rings. The molecule has 0 atom stereocenters. The molecule has 4 nitrogen and oxygen atoms in total. The van der Waals surface area contributed by atoms with E-state index in [-0.39, 0.29) is 0 Å². The molecule has 0 amide bonds. The number of nitrogen functional groups attached to an aromatic ring is 1. The minimum absolute atomic E-state index is 0.606. The molecule has 2 aromatic rings. The van der Waals surface area contributed by atoms with Gasteiger partial charge in [-0.3, -0.25) is 0 Å². The van der Waals surface area contributed by atoms with Crippen LogP contribution in [0, 0.1) is 0 Å². The van der Waals surface area contributed by atoms with Gasteiger partial charge in [0.2, 0.25) is 0 Å². The molecule has 2 N–H and O–H groups in total. The van der Waals surface area contributed by atoms with Crippen LogP contribution < -0.4 is 10.6 Å². The average molecular weight is 268 g/mol. The van der Waals surface area contributed by atoms with E-state index < -0.39 is 0 Å². The van der Waals surface area contributed by atoms with Crippen molar-refractivity contribution in [1.29, 1.82) is 0 Å². The highest BCUT2D eigenvalue weighted by atomic mass is 15.2. The van der Waals surface area contributed by atoms with Gasteiger partial charge in [-0.05, 0) is 43.2 Å². The molecule has 0 aliphatic heterocycles. The standard InChI is InChI=1S/C16H20N4/c1-20(14-8-4-7-13(17)11-14)16-10-9-15(18-19-16)12-5-2-3-6-12/h4,7-12H,2-3,5-6,17H2,1H3. The normalized spacial score (nSPS) is 15.4. The molecule has 0 saturated heterocycles. The fraction of sp³-hybridized carbons (Fsp3) is 0.375. The number of nitrogens with zero attached hydrogens (tertiary/aromatic N) is 3. The number of rotatable bonds is 3. The third-order valence-electron chi connectivity index (χ3n) is 4.05. The summed E-state index contributed by atoms with van der Waals surface area (Å²) in [7, 11) is 1.98. The zero-order valence-corrected chi connectivity index (χ0v) is 11.8. The van der Waals surface area contributed by atoms with Crippen LogP contribution in [0.3, 0.4) is 0 Å². The first kappa shape index (κ1) is 12.9. The lowest BCUT2D eigenvalue weighted by atomic mass is 10.0. The molecule has 1 aromatic heterocycles. The second kappa shape index (κ2) is 5.49. The SMILES string of the molecule is CN(c1cccc(N)c1)c1ccc(C2CCCC2)nn1. The zero-order chi connectivity index (χ0) is 13.9. The predicted molar refractivity (Wildman–Crippen MR) is 82.2 cm³/mol. The first-order valence-electron chi connectivity index (χ1n) is 7.17. The van der Waals surface area contributed by atoms with Gasteiger partial charge in [0.15, 0.2) is 5.82 Å². The molecule has 1 saturated carbocycles. The maximum atomic E-state index is 5.82. The quantitative estimate of drug-likeness (QED) is 0.866. The van der Waals surface area contributed by atoms with Gasteiger partial charge < -0.3 is 10.6 Å². The molecular formula is C16H20N4. The summed E-state index contributed by atoms with van der Waals surface area (Å²) in [6, 6.07) is 11.9. The molecule has 1 heterocycles. The van der Waals surface area contributed by atoms with Gasteiger partial charge in [-0.15, -0.1) is 5.10 Å². The third kappa shape index (κ3) is 2.59. The van der Waals surface area contributed by atoms with Crippen LogP contribution in [0.2, 0.25) is 0 Å². The molecular weight excluding hydrogens is 248 g/mol. The van der Waals surface area contributed by atoms with Crippen LogP contribution in [-0.2, 0) is 0 Å². The van der Waals surface area contributed by atoms with Gasteiger partial charge in [-0.2, -0.15) is 5.10 Å². The Balaban J connectivity index is 1.80. The lowest BCUT2D eigenvalue weighted by Gasteiger charge is -2.18. The van der Waals surface area contributed by atoms with Crippen molar-refractivity contribution in [3.8, 4) is 0 Å². The van der Waals surface area contributed by atoms with E-state index in [0.717, 1.165) is 22.9 Å². The van der Waals surface area contributed by atoms with Gasteiger partial charge in [-0.25, -0.2) is 0 Å². The number of hydrogen-bond acceptors (Lipinski definition) is 4. The number of benzene rings is 1. The Labute approximate surface area is 119 Å². The molecule has 1 aliphatic rings. The molecule has 20 heavy (non-hydrogen) atoms. The summed E-state index contributed by atoms with van der Waals surface area (Å²) in [6.45, 7) is 0. The Hall–Kier alpha value is -2.10. The first-order chi connectivity index (χ1) is 9.74. The van der Waals surface area contributed by atoms with Crippen LogP contribution in [0.5, 0.6) is 0 Å². The number of hydrogen-bond donors (Lipinski definition) is 1. The smallest absolute Gasteiger partial charge is 0.155 e. The molecule has 1 aliphatic carbocycles. The second-order valence-corrected chi connectivity index (χ2v) is 5.45. The summed E-state index contributed by atoms with van der Waals surface area (Å²) in [5, 5.41) is 8.77. The summed E-state index contributed by atoms with van der Waals surface area (Å²) < 4.78 is 0.